The number of hydrogen-bond acceptors (Lipinski definition) is 5. The smallest absolute Gasteiger partial charge is 0.261 e. The second-order valence-electron chi connectivity index (χ2n) is 10.2. The summed E-state index contributed by atoms with van der Waals surface area (Å²) in [6.07, 6.45) is 4.52. The van der Waals surface area contributed by atoms with E-state index in [-0.39, 0.29) is 5.56 Å². The molecule has 2 atom stereocenters. The molecule has 1 aliphatic carbocycles. The van der Waals surface area contributed by atoms with Gasteiger partial charge in [0.2, 0.25) is 0 Å². The molecule has 0 amide bonds. The van der Waals surface area contributed by atoms with E-state index in [1.54, 1.807) is 14.2 Å². The van der Waals surface area contributed by atoms with Gasteiger partial charge in [-0.1, -0.05) is 42.3 Å². The Hall–Kier alpha value is -3.64. The molecule has 6 heteroatoms. The molecule has 192 valence electrons. The van der Waals surface area contributed by atoms with Crippen molar-refractivity contribution < 1.29 is 9.47 Å². The van der Waals surface area contributed by atoms with Crippen molar-refractivity contribution in [1.82, 2.24) is 9.55 Å². The summed E-state index contributed by atoms with van der Waals surface area (Å²) in [4.78, 5) is 18.8. The third-order valence-corrected chi connectivity index (χ3v) is 7.60. The van der Waals surface area contributed by atoms with Crippen molar-refractivity contribution in [1.29, 1.82) is 0 Å². The molecule has 0 aliphatic heterocycles. The molecule has 1 saturated carbocycles. The second-order valence-corrected chi connectivity index (χ2v) is 10.2. The Balaban J connectivity index is 1.57. The van der Waals surface area contributed by atoms with Gasteiger partial charge in [0.05, 0.1) is 25.1 Å². The highest BCUT2D eigenvalue weighted by Crippen LogP contribution is 2.33. The lowest BCUT2D eigenvalue weighted by Crippen LogP contribution is -2.30. The van der Waals surface area contributed by atoms with Crippen LogP contribution in [0.2, 0.25) is 0 Å². The van der Waals surface area contributed by atoms with Crippen molar-refractivity contribution >= 4 is 10.9 Å². The highest BCUT2D eigenvalue weighted by atomic mass is 16.5. The Bertz CT molecular complexity index is 1440. The largest absolute Gasteiger partial charge is 0.497 e. The number of methoxy groups -OCH3 is 2. The fraction of sp³-hybridized carbons (Fsp3) is 0.355. The summed E-state index contributed by atoms with van der Waals surface area (Å²) < 4.78 is 12.8. The van der Waals surface area contributed by atoms with Crippen molar-refractivity contribution in [2.75, 3.05) is 20.8 Å². The van der Waals surface area contributed by atoms with Crippen LogP contribution >= 0.6 is 0 Å². The summed E-state index contributed by atoms with van der Waals surface area (Å²) in [6, 6.07) is 20.0. The van der Waals surface area contributed by atoms with Gasteiger partial charge in [0.1, 0.15) is 17.3 Å². The van der Waals surface area contributed by atoms with Gasteiger partial charge in [0, 0.05) is 18.2 Å². The molecule has 1 heterocycles. The number of nitrogens with two attached hydrogens (primary N) is 1. The number of aromatic nitrogens is 2. The van der Waals surface area contributed by atoms with Crippen LogP contribution in [0.15, 0.2) is 65.5 Å². The van der Waals surface area contributed by atoms with Gasteiger partial charge in [-0.05, 0) is 80.0 Å². The van der Waals surface area contributed by atoms with Crippen molar-refractivity contribution in [3.8, 4) is 34.0 Å². The number of aryl methyl sites for hydroxylation is 1. The zero-order valence-corrected chi connectivity index (χ0v) is 21.9. The summed E-state index contributed by atoms with van der Waals surface area (Å²) in [6.45, 7) is 3.39. The molecule has 4 aromatic rings. The first kappa shape index (κ1) is 25.0. The third-order valence-electron chi connectivity index (χ3n) is 7.60. The van der Waals surface area contributed by atoms with Crippen molar-refractivity contribution in [3.05, 3.63) is 76.6 Å². The predicted molar refractivity (Wildman–Crippen MR) is 149 cm³/mol. The molecule has 3 aromatic carbocycles. The van der Waals surface area contributed by atoms with Gasteiger partial charge in [-0.2, -0.15) is 0 Å². The lowest BCUT2D eigenvalue weighted by molar-refractivity contribution is 0.246. The molecule has 0 radical (unpaired) electrons. The molecule has 6 nitrogen and oxygen atoms in total. The average Bonchev–Trinajstić information content (AvgIpc) is 2.94. The summed E-state index contributed by atoms with van der Waals surface area (Å²) in [5.41, 5.74) is 10.8. The number of ether oxygens (including phenoxy) is 2. The number of benzene rings is 3. The number of rotatable bonds is 7. The van der Waals surface area contributed by atoms with E-state index in [9.17, 15) is 4.79 Å². The van der Waals surface area contributed by atoms with Gasteiger partial charge in [-0.15, -0.1) is 0 Å². The summed E-state index contributed by atoms with van der Waals surface area (Å²) in [5.74, 6) is 3.15. The van der Waals surface area contributed by atoms with Crippen molar-refractivity contribution in [2.24, 2.45) is 17.6 Å². The maximum atomic E-state index is 13.8. The van der Waals surface area contributed by atoms with E-state index in [1.165, 1.54) is 6.42 Å². The standard InChI is InChI=1S/C31H35N3O3/c1-20-7-12-29-28(13-20)31(35)34(19-22-6-4-5-21(14-22)18-32)30(33-29)24-10-8-23(9-11-24)25-15-26(36-2)17-27(16-25)37-3/h7-13,15-17,21-22H,4-6,14,18-19,32H2,1-3H3. The van der Waals surface area contributed by atoms with E-state index in [0.29, 0.717) is 36.1 Å². The van der Waals surface area contributed by atoms with Crippen LogP contribution in [0.1, 0.15) is 31.2 Å². The lowest BCUT2D eigenvalue weighted by Gasteiger charge is -2.29. The highest BCUT2D eigenvalue weighted by molar-refractivity contribution is 5.81. The molecule has 1 aliphatic rings. The van der Waals surface area contributed by atoms with Crippen LogP contribution in [-0.4, -0.2) is 30.3 Å². The van der Waals surface area contributed by atoms with Crippen LogP contribution in [0.25, 0.3) is 33.4 Å². The second kappa shape index (κ2) is 10.8. The van der Waals surface area contributed by atoms with Crippen LogP contribution in [0.4, 0.5) is 0 Å². The Labute approximate surface area is 218 Å². The molecule has 0 saturated heterocycles. The first-order chi connectivity index (χ1) is 18.0. The maximum Gasteiger partial charge on any atom is 0.261 e. The monoisotopic (exact) mass is 497 g/mol. The van der Waals surface area contributed by atoms with E-state index in [0.717, 1.165) is 58.5 Å². The minimum absolute atomic E-state index is 0.0279. The van der Waals surface area contributed by atoms with Crippen LogP contribution in [-0.2, 0) is 6.54 Å². The molecule has 0 bridgehead atoms. The number of hydrogen-bond donors (Lipinski definition) is 1. The van der Waals surface area contributed by atoms with Gasteiger partial charge in [-0.3, -0.25) is 9.36 Å². The summed E-state index contributed by atoms with van der Waals surface area (Å²) in [7, 11) is 3.30. The minimum Gasteiger partial charge on any atom is -0.497 e. The van der Waals surface area contributed by atoms with Gasteiger partial charge in [0.25, 0.3) is 5.56 Å². The molecule has 0 spiro atoms. The molecule has 2 unspecified atom stereocenters. The Morgan fingerprint density at radius 3 is 2.24 bits per heavy atom. The molecular formula is C31H35N3O3. The molecule has 1 fully saturated rings. The summed E-state index contributed by atoms with van der Waals surface area (Å²) in [5, 5.41) is 0.676. The highest BCUT2D eigenvalue weighted by Gasteiger charge is 2.24. The zero-order chi connectivity index (χ0) is 25.9. The van der Waals surface area contributed by atoms with E-state index in [4.69, 9.17) is 20.2 Å². The average molecular weight is 498 g/mol. The molecule has 1 aromatic heterocycles. The Kier molecular flexibility index (Phi) is 7.28. The van der Waals surface area contributed by atoms with Gasteiger partial charge in [-0.25, -0.2) is 4.98 Å². The molecule has 37 heavy (non-hydrogen) atoms. The molecular weight excluding hydrogens is 462 g/mol. The SMILES string of the molecule is COc1cc(OC)cc(-c2ccc(-c3nc4ccc(C)cc4c(=O)n3CC3CCCC(CN)C3)cc2)c1. The van der Waals surface area contributed by atoms with E-state index in [1.807, 2.05) is 60.0 Å². The lowest BCUT2D eigenvalue weighted by atomic mass is 9.81. The first-order valence-electron chi connectivity index (χ1n) is 13.0. The zero-order valence-electron chi connectivity index (χ0n) is 21.9. The van der Waals surface area contributed by atoms with Gasteiger partial charge < -0.3 is 15.2 Å². The minimum atomic E-state index is 0.0279. The molecule has 2 N–H and O–H groups in total. The van der Waals surface area contributed by atoms with Gasteiger partial charge >= 0.3 is 0 Å². The maximum absolute atomic E-state index is 13.8. The van der Waals surface area contributed by atoms with Crippen molar-refractivity contribution in [3.63, 3.8) is 0 Å². The van der Waals surface area contributed by atoms with Crippen LogP contribution < -0.4 is 20.8 Å². The van der Waals surface area contributed by atoms with E-state index in [2.05, 4.69) is 12.1 Å². The van der Waals surface area contributed by atoms with Crippen molar-refractivity contribution in [2.45, 2.75) is 39.2 Å². The third kappa shape index (κ3) is 5.25. The van der Waals surface area contributed by atoms with Crippen LogP contribution in [0, 0.1) is 18.8 Å². The normalized spacial score (nSPS) is 17.6. The number of nitrogens with zero attached hydrogens (tertiary/aromatic N) is 2. The fourth-order valence-electron chi connectivity index (χ4n) is 5.55. The van der Waals surface area contributed by atoms with E-state index >= 15 is 0 Å². The van der Waals surface area contributed by atoms with E-state index < -0.39 is 0 Å². The number of fused-ring (bicyclic) bond motifs is 1. The van der Waals surface area contributed by atoms with Gasteiger partial charge in [0.15, 0.2) is 0 Å². The predicted octanol–water partition coefficient (Wildman–Crippen LogP) is 5.82. The van der Waals surface area contributed by atoms with Crippen LogP contribution in [0.3, 0.4) is 0 Å². The topological polar surface area (TPSA) is 79.4 Å². The first-order valence-corrected chi connectivity index (χ1v) is 13.0. The quantitative estimate of drug-likeness (QED) is 0.348. The fourth-order valence-corrected chi connectivity index (χ4v) is 5.55. The Morgan fingerprint density at radius 2 is 1.57 bits per heavy atom. The molecule has 5 rings (SSSR count). The summed E-state index contributed by atoms with van der Waals surface area (Å²) >= 11 is 0. The Morgan fingerprint density at radius 1 is 0.892 bits per heavy atom. The van der Waals surface area contributed by atoms with Crippen LogP contribution in [0.5, 0.6) is 11.5 Å².